The lowest BCUT2D eigenvalue weighted by molar-refractivity contribution is 0.00578. The van der Waals surface area contributed by atoms with E-state index in [-0.39, 0.29) is 45.5 Å². The maximum absolute atomic E-state index is 11.9. The van der Waals surface area contributed by atoms with E-state index >= 15 is 0 Å². The third kappa shape index (κ3) is 16.3. The Morgan fingerprint density at radius 3 is 1.00 bits per heavy atom. The molecule has 11 rings (SSSR count). The van der Waals surface area contributed by atoms with E-state index in [1.165, 1.54) is 6.82 Å². The molecule has 7 aliphatic rings. The van der Waals surface area contributed by atoms with Crippen molar-refractivity contribution in [3.05, 3.63) is 61.9 Å². The molecule has 0 atom stereocenters. The minimum Gasteiger partial charge on any atom is -0.427 e. The third-order valence-electron chi connectivity index (χ3n) is 18.1. The number of aromatic nitrogens is 8. The van der Waals surface area contributed by atoms with Crippen LogP contribution in [0.1, 0.15) is 201 Å². The van der Waals surface area contributed by atoms with E-state index in [4.69, 9.17) is 38.0 Å². The number of hydrogen-bond acceptors (Lipinski definition) is 20. The topological polar surface area (TPSA) is 248 Å². The van der Waals surface area contributed by atoms with Crippen molar-refractivity contribution in [3.8, 4) is 0 Å². The van der Waals surface area contributed by atoms with Crippen molar-refractivity contribution in [3.63, 3.8) is 0 Å². The molecule has 88 heavy (non-hydrogen) atoms. The SMILES string of the molecule is CB(O)O.CC(=O)c1nc(B2OC(C)(C)C(C)(C)O2)n2c1CN(C)CC2.CC(=O)c1nc(Br)n2c1CN(C)CC2.CC1(C)OB(B2OC(C)(C)C(C)(C)O2)OC1(C)C.CCc1nc(C(C)=O)c2n1CCN(C)C2.CCc1nc(C(C)=O)c2n1CCN(C)C2. The first-order valence-corrected chi connectivity index (χ1v) is 31.6. The summed E-state index contributed by atoms with van der Waals surface area (Å²) in [5.74, 6) is 2.27. The Kier molecular flexibility index (Phi) is 23.5. The molecular formula is C59H99B4BrN12O12. The molecular weight excluding hydrogens is 1190 g/mol. The second kappa shape index (κ2) is 28.3. The molecule has 7 aliphatic heterocycles. The number of ketones is 4. The number of rotatable bonds is 8. The van der Waals surface area contributed by atoms with Gasteiger partial charge in [-0.1, -0.05) is 13.8 Å². The number of hydrogen-bond donors (Lipinski definition) is 2. The Labute approximate surface area is 532 Å². The van der Waals surface area contributed by atoms with Crippen molar-refractivity contribution < 1.29 is 57.2 Å². The van der Waals surface area contributed by atoms with E-state index in [2.05, 4.69) is 109 Å². The van der Waals surface area contributed by atoms with Crippen LogP contribution in [0.25, 0.3) is 0 Å². The fraction of sp³-hybridized carbons (Fsp3) is 0.729. The van der Waals surface area contributed by atoms with Gasteiger partial charge in [0.2, 0.25) is 0 Å². The highest BCUT2D eigenvalue weighted by Gasteiger charge is 2.64. The number of Topliss-reactive ketones (excluding diaryl/α,β-unsaturated/α-hetero) is 4. The molecule has 3 saturated heterocycles. The molecule has 0 amide bonds. The van der Waals surface area contributed by atoms with Gasteiger partial charge in [0.1, 0.15) is 40.1 Å². The minimum atomic E-state index is -1.17. The number of nitrogens with zero attached hydrogens (tertiary/aromatic N) is 12. The summed E-state index contributed by atoms with van der Waals surface area (Å²) < 4.78 is 45.4. The molecule has 11 heterocycles. The van der Waals surface area contributed by atoms with E-state index in [1.807, 2.05) is 90.1 Å². The predicted molar refractivity (Wildman–Crippen MR) is 345 cm³/mol. The van der Waals surface area contributed by atoms with Crippen LogP contribution < -0.4 is 5.72 Å². The van der Waals surface area contributed by atoms with Gasteiger partial charge in [0, 0.05) is 119 Å². The van der Waals surface area contributed by atoms with Crippen LogP contribution in [0.15, 0.2) is 4.73 Å². The van der Waals surface area contributed by atoms with Crippen LogP contribution >= 0.6 is 15.9 Å². The molecule has 0 unspecified atom stereocenters. The zero-order valence-electron chi connectivity index (χ0n) is 56.9. The molecule has 2 N–H and O–H groups in total. The number of carbonyl (C=O) groups is 4. The van der Waals surface area contributed by atoms with Gasteiger partial charge in [-0.05, 0) is 134 Å². The minimum absolute atomic E-state index is 0.0122. The van der Waals surface area contributed by atoms with Crippen molar-refractivity contribution in [2.45, 2.75) is 230 Å². The smallest absolute Gasteiger partial charge is 0.427 e. The first-order chi connectivity index (χ1) is 40.6. The Hall–Kier alpha value is -4.22. The van der Waals surface area contributed by atoms with Gasteiger partial charge in [0.25, 0.3) is 0 Å². The van der Waals surface area contributed by atoms with Crippen molar-refractivity contribution in [2.75, 3.05) is 54.4 Å². The van der Waals surface area contributed by atoms with E-state index in [1.54, 1.807) is 27.7 Å². The van der Waals surface area contributed by atoms with Gasteiger partial charge in [0.15, 0.2) is 27.9 Å². The summed E-state index contributed by atoms with van der Waals surface area (Å²) in [4.78, 5) is 72.7. The highest BCUT2D eigenvalue weighted by Crippen LogP contribution is 2.43. The van der Waals surface area contributed by atoms with Gasteiger partial charge >= 0.3 is 28.3 Å². The van der Waals surface area contributed by atoms with Crippen LogP contribution in [0.5, 0.6) is 0 Å². The predicted octanol–water partition coefficient (Wildman–Crippen LogP) is 5.65. The standard InChI is InChI=1S/C15H24BN3O3.C12H24B2O4.2C11H17N3O.C9H12BrN3O.CH5BO2/c1-10(20)12-11-9-18(6)7-8-19(11)13(17-12)16-21-14(2,3)15(4,5)22-16;1-9(2)10(3,4)16-13(15-9)14-17-11(5,6)12(7,8)18-14;2*1-4-10-12-11(8(2)15)9-7-13(3)5-6-14(9)10;1-6(14)8-7-5-12(2)3-4-13(7)9(10)11-8;1-2(3)4/h7-9H2,1-6H3;1-8H3;2*4-7H2,1-3H3;3-5H2,1-2H3;3-4H,1H3. The first kappa shape index (κ1) is 72.8. The van der Waals surface area contributed by atoms with Gasteiger partial charge in [-0.25, -0.2) is 19.9 Å². The molecule has 4 aromatic rings. The van der Waals surface area contributed by atoms with Gasteiger partial charge in [-0.3, -0.25) is 38.8 Å². The van der Waals surface area contributed by atoms with Crippen molar-refractivity contribution in [2.24, 2.45) is 0 Å². The maximum atomic E-state index is 11.9. The maximum Gasteiger partial charge on any atom is 0.532 e. The normalized spacial score (nSPS) is 21.0. The Bertz CT molecular complexity index is 2990. The van der Waals surface area contributed by atoms with Gasteiger partial charge in [-0.2, -0.15) is 0 Å². The molecule has 0 bridgehead atoms. The van der Waals surface area contributed by atoms with E-state index < -0.39 is 39.5 Å². The van der Waals surface area contributed by atoms with Gasteiger partial charge in [0.05, 0.1) is 56.4 Å². The number of imidazole rings is 4. The monoisotopic (exact) mass is 1290 g/mol. The van der Waals surface area contributed by atoms with E-state index in [0.29, 0.717) is 28.5 Å². The number of likely N-dealkylation sites (N-methyl/N-ethyl adjacent to an activating group) is 4. The summed E-state index contributed by atoms with van der Waals surface area (Å²) in [6, 6.07) is 0. The van der Waals surface area contributed by atoms with Crippen LogP contribution in [-0.4, -0.2) is 207 Å². The zero-order chi connectivity index (χ0) is 66.1. The molecule has 0 saturated carbocycles. The summed E-state index contributed by atoms with van der Waals surface area (Å²) in [5, 5.41) is 15.2. The molecule has 29 heteroatoms. The Balaban J connectivity index is 0.000000174. The van der Waals surface area contributed by atoms with E-state index in [9.17, 15) is 19.2 Å². The average molecular weight is 1290 g/mol. The summed E-state index contributed by atoms with van der Waals surface area (Å²) in [5.41, 5.74) is 5.09. The van der Waals surface area contributed by atoms with Crippen LogP contribution in [-0.2, 0) is 93.1 Å². The fourth-order valence-corrected chi connectivity index (χ4v) is 11.5. The number of fused-ring (bicyclic) bond motifs is 4. The van der Waals surface area contributed by atoms with Crippen LogP contribution in [0, 0.1) is 0 Å². The van der Waals surface area contributed by atoms with Crippen LogP contribution in [0.4, 0.5) is 0 Å². The number of carbonyl (C=O) groups excluding carboxylic acids is 4. The lowest BCUT2D eigenvalue weighted by Crippen LogP contribution is -2.44. The average Bonchev–Trinajstić information content (AvgIpc) is 1.71. The number of aryl methyl sites for hydroxylation is 2. The summed E-state index contributed by atoms with van der Waals surface area (Å²) in [7, 11) is 5.61. The van der Waals surface area contributed by atoms with Crippen molar-refractivity contribution in [1.82, 2.24) is 57.8 Å². The van der Waals surface area contributed by atoms with Gasteiger partial charge < -0.3 is 56.2 Å². The second-order valence-electron chi connectivity index (χ2n) is 27.0. The van der Waals surface area contributed by atoms with Crippen molar-refractivity contribution in [1.29, 1.82) is 0 Å². The molecule has 0 aliphatic carbocycles. The third-order valence-corrected chi connectivity index (χ3v) is 18.7. The van der Waals surface area contributed by atoms with Crippen LogP contribution in [0.3, 0.4) is 0 Å². The first-order valence-electron chi connectivity index (χ1n) is 30.8. The lowest BCUT2D eigenvalue weighted by Gasteiger charge is -2.32. The Morgan fingerprint density at radius 1 is 0.443 bits per heavy atom. The Morgan fingerprint density at radius 2 is 0.693 bits per heavy atom. The highest BCUT2D eigenvalue weighted by molar-refractivity contribution is 9.10. The van der Waals surface area contributed by atoms with E-state index in [0.717, 1.165) is 131 Å². The second-order valence-corrected chi connectivity index (χ2v) is 27.8. The molecule has 4 aromatic heterocycles. The lowest BCUT2D eigenvalue weighted by atomic mass is 9.49. The highest BCUT2D eigenvalue weighted by atomic mass is 79.9. The summed E-state index contributed by atoms with van der Waals surface area (Å²) >= 11 is 3.37. The molecule has 3 fully saturated rings. The molecule has 24 nitrogen and oxygen atoms in total. The molecule has 0 radical (unpaired) electrons. The largest absolute Gasteiger partial charge is 0.532 e. The zero-order valence-corrected chi connectivity index (χ0v) is 58.5. The quantitative estimate of drug-likeness (QED) is 0.160. The molecule has 486 valence electrons. The summed E-state index contributed by atoms with van der Waals surface area (Å²) in [6.07, 6.45) is 1.79. The number of halogens is 1. The van der Waals surface area contributed by atoms with Gasteiger partial charge in [-0.15, -0.1) is 0 Å². The summed E-state index contributed by atoms with van der Waals surface area (Å²) in [6.45, 7) is 46.8. The van der Waals surface area contributed by atoms with Crippen molar-refractivity contribution >= 4 is 73.0 Å². The molecule has 0 spiro atoms. The fourth-order valence-electron chi connectivity index (χ4n) is 10.9. The van der Waals surface area contributed by atoms with Crippen LogP contribution in [0.2, 0.25) is 6.82 Å². The molecule has 0 aromatic carbocycles.